The quantitative estimate of drug-likeness (QED) is 0.870. The number of hydrogen-bond donors (Lipinski definition) is 2. The van der Waals surface area contributed by atoms with Crippen molar-refractivity contribution in [2.24, 2.45) is 0 Å². The van der Waals surface area contributed by atoms with Crippen LogP contribution in [0.25, 0.3) is 0 Å². The van der Waals surface area contributed by atoms with Crippen LogP contribution in [-0.2, 0) is 11.2 Å². The van der Waals surface area contributed by atoms with Gasteiger partial charge < -0.3 is 10.4 Å². The molecule has 1 amide bonds. The van der Waals surface area contributed by atoms with Gasteiger partial charge in [-0.1, -0.05) is 48.6 Å². The zero-order valence-electron chi connectivity index (χ0n) is 11.4. The zero-order chi connectivity index (χ0) is 14.4. The lowest BCUT2D eigenvalue weighted by atomic mass is 10.0. The van der Waals surface area contributed by atoms with Gasteiger partial charge in [0.05, 0.1) is 12.1 Å². The Morgan fingerprint density at radius 3 is 2.95 bits per heavy atom. The van der Waals surface area contributed by atoms with E-state index < -0.39 is 6.10 Å². The molecule has 0 unspecified atom stereocenters. The Hall–Kier alpha value is -2.39. The summed E-state index contributed by atoms with van der Waals surface area (Å²) in [6.45, 7) is 0. The minimum atomic E-state index is -0.559. The van der Waals surface area contributed by atoms with Crippen molar-refractivity contribution in [3.05, 3.63) is 82.5 Å². The van der Waals surface area contributed by atoms with Gasteiger partial charge in [0.15, 0.2) is 0 Å². The van der Waals surface area contributed by atoms with Crippen LogP contribution in [0.3, 0.4) is 0 Å². The van der Waals surface area contributed by atoms with Crippen LogP contribution in [0, 0.1) is 0 Å². The second-order valence-corrected chi connectivity index (χ2v) is 5.56. The third-order valence-corrected chi connectivity index (χ3v) is 4.30. The number of amides is 1. The van der Waals surface area contributed by atoms with Crippen LogP contribution in [0.15, 0.2) is 71.4 Å². The maximum absolute atomic E-state index is 12.5. The molecule has 3 aliphatic rings. The first kappa shape index (κ1) is 12.4. The predicted molar refractivity (Wildman–Crippen MR) is 80.4 cm³/mol. The first-order chi connectivity index (χ1) is 10.2. The highest BCUT2D eigenvalue weighted by atomic mass is 16.3. The molecule has 0 radical (unpaired) electrons. The van der Waals surface area contributed by atoms with Crippen LogP contribution in [0.4, 0.5) is 0 Å². The van der Waals surface area contributed by atoms with Gasteiger partial charge in [-0.3, -0.25) is 4.79 Å². The molecule has 0 saturated carbocycles. The molecule has 3 nitrogen and oxygen atoms in total. The Labute approximate surface area is 123 Å². The first-order valence-corrected chi connectivity index (χ1v) is 7.12. The molecule has 104 valence electrons. The normalized spacial score (nSPS) is 25.1. The number of carbonyl (C=O) groups is 1. The smallest absolute Gasteiger partial charge is 0.252 e. The Balaban J connectivity index is 1.56. The lowest BCUT2D eigenvalue weighted by Crippen LogP contribution is -2.34. The van der Waals surface area contributed by atoms with Crippen LogP contribution in [0.5, 0.6) is 0 Å². The molecule has 4 rings (SSSR count). The Bertz CT molecular complexity index is 752. The molecule has 0 spiro atoms. The van der Waals surface area contributed by atoms with Crippen LogP contribution in [0.1, 0.15) is 17.2 Å². The third kappa shape index (κ3) is 1.89. The maximum atomic E-state index is 12.5. The summed E-state index contributed by atoms with van der Waals surface area (Å²) < 4.78 is 0. The maximum Gasteiger partial charge on any atom is 0.252 e. The van der Waals surface area contributed by atoms with Crippen molar-refractivity contribution in [2.45, 2.75) is 18.6 Å². The summed E-state index contributed by atoms with van der Waals surface area (Å²) in [4.78, 5) is 12.5. The van der Waals surface area contributed by atoms with Gasteiger partial charge in [-0.25, -0.2) is 0 Å². The van der Waals surface area contributed by atoms with E-state index in [0.29, 0.717) is 12.0 Å². The van der Waals surface area contributed by atoms with Crippen molar-refractivity contribution in [3.63, 3.8) is 0 Å². The molecule has 0 heterocycles. The predicted octanol–water partition coefficient (Wildman–Crippen LogP) is 2.12. The lowest BCUT2D eigenvalue weighted by Gasteiger charge is -2.18. The average molecular weight is 277 g/mol. The van der Waals surface area contributed by atoms with Gasteiger partial charge >= 0.3 is 0 Å². The van der Waals surface area contributed by atoms with Crippen LogP contribution < -0.4 is 5.32 Å². The van der Waals surface area contributed by atoms with Crippen LogP contribution in [0.2, 0.25) is 0 Å². The number of aliphatic hydroxyl groups is 1. The van der Waals surface area contributed by atoms with E-state index in [1.807, 2.05) is 54.6 Å². The highest BCUT2D eigenvalue weighted by molar-refractivity contribution is 6.02. The van der Waals surface area contributed by atoms with Gasteiger partial charge in [-0.05, 0) is 28.3 Å². The second kappa shape index (κ2) is 4.57. The molecule has 3 aliphatic carbocycles. The summed E-state index contributed by atoms with van der Waals surface area (Å²) in [6, 6.07) is 7.55. The van der Waals surface area contributed by atoms with Gasteiger partial charge in [0, 0.05) is 12.0 Å². The number of benzene rings is 1. The molecule has 3 heteroatoms. The van der Waals surface area contributed by atoms with Crippen molar-refractivity contribution in [3.8, 4) is 0 Å². The van der Waals surface area contributed by atoms with E-state index >= 15 is 0 Å². The molecule has 1 aromatic rings. The number of nitrogens with one attached hydrogen (secondary N) is 1. The van der Waals surface area contributed by atoms with E-state index in [0.717, 1.165) is 22.3 Å². The molecule has 0 bridgehead atoms. The number of carbonyl (C=O) groups excluding carboxylic acids is 1. The van der Waals surface area contributed by atoms with Crippen molar-refractivity contribution >= 4 is 5.91 Å². The van der Waals surface area contributed by atoms with E-state index in [1.165, 1.54) is 0 Å². The van der Waals surface area contributed by atoms with Gasteiger partial charge in [-0.2, -0.15) is 0 Å². The number of rotatable bonds is 2. The summed E-state index contributed by atoms with van der Waals surface area (Å²) >= 11 is 0. The molecule has 0 fully saturated rings. The van der Waals surface area contributed by atoms with E-state index in [1.54, 1.807) is 0 Å². The zero-order valence-corrected chi connectivity index (χ0v) is 11.4. The summed E-state index contributed by atoms with van der Waals surface area (Å²) in [7, 11) is 0. The number of aliphatic hydroxyl groups excluding tert-OH is 1. The Kier molecular flexibility index (Phi) is 2.69. The van der Waals surface area contributed by atoms with E-state index in [4.69, 9.17) is 0 Å². The van der Waals surface area contributed by atoms with E-state index in [9.17, 15) is 9.90 Å². The molecule has 21 heavy (non-hydrogen) atoms. The van der Waals surface area contributed by atoms with Crippen molar-refractivity contribution in [2.75, 3.05) is 0 Å². The second-order valence-electron chi connectivity index (χ2n) is 5.56. The molecule has 1 aromatic carbocycles. The number of allylic oxidation sites excluding steroid dienone is 6. The van der Waals surface area contributed by atoms with Crippen LogP contribution in [-0.4, -0.2) is 17.1 Å². The first-order valence-electron chi connectivity index (χ1n) is 7.12. The van der Waals surface area contributed by atoms with Gasteiger partial charge in [0.1, 0.15) is 0 Å². The van der Waals surface area contributed by atoms with Gasteiger partial charge in [-0.15, -0.1) is 0 Å². The van der Waals surface area contributed by atoms with Gasteiger partial charge in [0.2, 0.25) is 0 Å². The van der Waals surface area contributed by atoms with E-state index in [-0.39, 0.29) is 11.9 Å². The summed E-state index contributed by atoms with van der Waals surface area (Å²) in [6.07, 6.45) is 9.71. The fraction of sp³-hybridized carbons (Fsp3) is 0.167. The van der Waals surface area contributed by atoms with Crippen molar-refractivity contribution in [1.82, 2.24) is 5.32 Å². The minimum absolute atomic E-state index is 0.128. The monoisotopic (exact) mass is 277 g/mol. The SMILES string of the molecule is O=C(N[C@H]1c2ccccc2C[C@H]1O)C1=CC=C2C=CC=C21. The number of fused-ring (bicyclic) bond motifs is 2. The molecular weight excluding hydrogens is 262 g/mol. The van der Waals surface area contributed by atoms with Crippen molar-refractivity contribution in [1.29, 1.82) is 0 Å². The Morgan fingerprint density at radius 1 is 1.19 bits per heavy atom. The molecular formula is C18H15NO2. The minimum Gasteiger partial charge on any atom is -0.390 e. The standard InChI is InChI=1S/C18H15NO2/c20-16-10-12-4-1-2-6-14(12)17(16)19-18(21)15-9-8-11-5-3-7-13(11)15/h1-9,16-17,20H,10H2,(H,19,21)/t16-,17+/m1/s1. The van der Waals surface area contributed by atoms with Crippen LogP contribution >= 0.6 is 0 Å². The number of hydrogen-bond acceptors (Lipinski definition) is 2. The summed E-state index contributed by atoms with van der Waals surface area (Å²) in [5.41, 5.74) is 4.84. The molecule has 0 aromatic heterocycles. The van der Waals surface area contributed by atoms with Gasteiger partial charge in [0.25, 0.3) is 5.91 Å². The summed E-state index contributed by atoms with van der Waals surface area (Å²) in [5.74, 6) is -0.128. The third-order valence-electron chi connectivity index (χ3n) is 4.30. The topological polar surface area (TPSA) is 49.3 Å². The highest BCUT2D eigenvalue weighted by Gasteiger charge is 2.33. The Morgan fingerprint density at radius 2 is 2.05 bits per heavy atom. The summed E-state index contributed by atoms with van der Waals surface area (Å²) in [5, 5.41) is 13.2. The average Bonchev–Trinajstić information content (AvgIpc) is 3.14. The fourth-order valence-electron chi connectivity index (χ4n) is 3.25. The molecule has 0 aliphatic heterocycles. The largest absolute Gasteiger partial charge is 0.390 e. The fourth-order valence-corrected chi connectivity index (χ4v) is 3.25. The van der Waals surface area contributed by atoms with Crippen molar-refractivity contribution < 1.29 is 9.90 Å². The van der Waals surface area contributed by atoms with E-state index in [2.05, 4.69) is 5.32 Å². The molecule has 0 saturated heterocycles. The molecule has 2 atom stereocenters. The lowest BCUT2D eigenvalue weighted by molar-refractivity contribution is -0.118. The highest BCUT2D eigenvalue weighted by Crippen LogP contribution is 2.34. The molecule has 2 N–H and O–H groups in total.